The van der Waals surface area contributed by atoms with Crippen molar-refractivity contribution < 1.29 is 19.7 Å². The van der Waals surface area contributed by atoms with Gasteiger partial charge in [-0.15, -0.1) is 12.4 Å². The van der Waals surface area contributed by atoms with Gasteiger partial charge in [0, 0.05) is 37.7 Å². The van der Waals surface area contributed by atoms with E-state index in [9.17, 15) is 0 Å². The molecule has 0 radical (unpaired) electrons. The number of halogens is 1. The van der Waals surface area contributed by atoms with Crippen molar-refractivity contribution in [3.05, 3.63) is 48.0 Å². The van der Waals surface area contributed by atoms with Gasteiger partial charge in [-0.1, -0.05) is 7.43 Å². The van der Waals surface area contributed by atoms with Crippen LogP contribution < -0.4 is 20.1 Å². The van der Waals surface area contributed by atoms with Crippen LogP contribution in [0.15, 0.2) is 36.9 Å². The summed E-state index contributed by atoms with van der Waals surface area (Å²) in [6.07, 6.45) is 14.0. The molecule has 0 amide bonds. The first kappa shape index (κ1) is 30.6. The summed E-state index contributed by atoms with van der Waals surface area (Å²) in [4.78, 5) is 8.51. The van der Waals surface area contributed by atoms with Crippen LogP contribution in [0.5, 0.6) is 11.5 Å². The van der Waals surface area contributed by atoms with Gasteiger partial charge in [0.2, 0.25) is 0 Å². The second kappa shape index (κ2) is 15.0. The van der Waals surface area contributed by atoms with Crippen molar-refractivity contribution in [2.24, 2.45) is 11.8 Å². The van der Waals surface area contributed by atoms with E-state index in [-0.39, 0.29) is 33.0 Å². The van der Waals surface area contributed by atoms with Crippen molar-refractivity contribution >= 4 is 12.4 Å². The zero-order valence-electron chi connectivity index (χ0n) is 21.4. The number of nitrogens with one attached hydrogen (secondary N) is 2. The van der Waals surface area contributed by atoms with Crippen LogP contribution in [0, 0.1) is 11.8 Å². The summed E-state index contributed by atoms with van der Waals surface area (Å²) in [7, 11) is 0. The minimum Gasteiger partial charge on any atom is -0.490 e. The summed E-state index contributed by atoms with van der Waals surface area (Å²) in [5.41, 5.74) is 2.51. The average molecular weight is 549 g/mol. The lowest BCUT2D eigenvalue weighted by atomic mass is 10.1. The number of aliphatic hydroxyl groups is 2. The topological polar surface area (TPSA) is 109 Å². The van der Waals surface area contributed by atoms with Crippen molar-refractivity contribution in [2.75, 3.05) is 39.5 Å². The molecule has 0 unspecified atom stereocenters. The molecule has 2 aromatic heterocycles. The van der Waals surface area contributed by atoms with E-state index in [1.807, 2.05) is 12.4 Å². The maximum atomic E-state index is 8.93. The molecule has 6 rings (SSSR count). The molecule has 4 aliphatic rings. The SMILES string of the molecule is C.Cl.OCC[C@H]1C[C@@H]1c1cncc(OC[C@@H]2CCN2)c1.OCC[C@H]1C[C@@H]1c1cncc(OC[C@@H]2CCN2)c1. The Morgan fingerprint density at radius 1 is 0.737 bits per heavy atom. The fourth-order valence-corrected chi connectivity index (χ4v) is 5.09. The predicted octanol–water partition coefficient (Wildman–Crippen LogP) is 3.67. The highest BCUT2D eigenvalue weighted by Crippen LogP contribution is 2.50. The molecule has 8 nitrogen and oxygen atoms in total. The lowest BCUT2D eigenvalue weighted by Crippen LogP contribution is -2.46. The van der Waals surface area contributed by atoms with E-state index < -0.39 is 0 Å². The van der Waals surface area contributed by atoms with E-state index in [2.05, 4.69) is 32.7 Å². The Kier molecular flexibility index (Phi) is 12.1. The minimum atomic E-state index is 0. The normalized spacial score (nSPS) is 28.2. The number of hydrogen-bond donors (Lipinski definition) is 4. The molecule has 38 heavy (non-hydrogen) atoms. The smallest absolute Gasteiger partial charge is 0.137 e. The van der Waals surface area contributed by atoms with Gasteiger partial charge in [-0.05, 0) is 98.5 Å². The highest BCUT2D eigenvalue weighted by molar-refractivity contribution is 5.85. The Hall–Kier alpha value is -1.97. The molecule has 2 aliphatic carbocycles. The van der Waals surface area contributed by atoms with Crippen LogP contribution in [0.2, 0.25) is 0 Å². The minimum absolute atomic E-state index is 0. The number of aliphatic hydroxyl groups excluding tert-OH is 2. The second-order valence-corrected chi connectivity index (χ2v) is 10.6. The maximum absolute atomic E-state index is 8.93. The zero-order chi connectivity index (χ0) is 24.7. The van der Waals surface area contributed by atoms with Gasteiger partial charge in [0.05, 0.1) is 12.4 Å². The molecule has 4 heterocycles. The van der Waals surface area contributed by atoms with Crippen molar-refractivity contribution in [3.8, 4) is 11.5 Å². The maximum Gasteiger partial charge on any atom is 0.137 e. The Labute approximate surface area is 233 Å². The van der Waals surface area contributed by atoms with Crippen LogP contribution in [0.25, 0.3) is 0 Å². The molecule has 6 atom stereocenters. The third kappa shape index (κ3) is 8.52. The van der Waals surface area contributed by atoms with E-state index in [0.717, 1.165) is 50.6 Å². The van der Waals surface area contributed by atoms with Crippen LogP contribution in [-0.2, 0) is 0 Å². The number of aromatic nitrogens is 2. The average Bonchev–Trinajstić information content (AvgIpc) is 3.75. The number of rotatable bonds is 12. The van der Waals surface area contributed by atoms with Crippen molar-refractivity contribution in [1.29, 1.82) is 0 Å². The third-order valence-electron chi connectivity index (χ3n) is 7.92. The Morgan fingerprint density at radius 3 is 1.50 bits per heavy atom. The van der Waals surface area contributed by atoms with Gasteiger partial charge in [0.1, 0.15) is 24.7 Å². The van der Waals surface area contributed by atoms with Crippen LogP contribution >= 0.6 is 12.4 Å². The number of hydrogen-bond acceptors (Lipinski definition) is 8. The largest absolute Gasteiger partial charge is 0.490 e. The van der Waals surface area contributed by atoms with E-state index in [0.29, 0.717) is 35.8 Å². The first-order valence-electron chi connectivity index (χ1n) is 13.6. The fraction of sp³-hybridized carbons (Fsp3) is 0.655. The lowest BCUT2D eigenvalue weighted by Gasteiger charge is -2.27. The molecule has 0 bridgehead atoms. The Balaban J connectivity index is 0.000000200. The van der Waals surface area contributed by atoms with Gasteiger partial charge >= 0.3 is 0 Å². The van der Waals surface area contributed by atoms with E-state index >= 15 is 0 Å². The van der Waals surface area contributed by atoms with Gasteiger partial charge in [-0.3, -0.25) is 9.97 Å². The molecule has 0 spiro atoms. The summed E-state index contributed by atoms with van der Waals surface area (Å²) in [5.74, 6) is 4.18. The van der Waals surface area contributed by atoms with E-state index in [4.69, 9.17) is 19.7 Å². The van der Waals surface area contributed by atoms with Crippen molar-refractivity contribution in [2.45, 2.75) is 69.9 Å². The van der Waals surface area contributed by atoms with Gasteiger partial charge in [-0.25, -0.2) is 0 Å². The van der Waals surface area contributed by atoms with Gasteiger partial charge in [0.25, 0.3) is 0 Å². The highest BCUT2D eigenvalue weighted by Gasteiger charge is 2.38. The van der Waals surface area contributed by atoms with Gasteiger partial charge < -0.3 is 30.3 Å². The third-order valence-corrected chi connectivity index (χ3v) is 7.92. The highest BCUT2D eigenvalue weighted by atomic mass is 35.5. The fourth-order valence-electron chi connectivity index (χ4n) is 5.09. The lowest BCUT2D eigenvalue weighted by molar-refractivity contribution is 0.216. The number of ether oxygens (including phenoxy) is 2. The number of nitrogens with zero attached hydrogens (tertiary/aromatic N) is 2. The quantitative estimate of drug-likeness (QED) is 0.318. The molecule has 4 fully saturated rings. The van der Waals surface area contributed by atoms with Crippen LogP contribution in [0.3, 0.4) is 0 Å². The molecule has 2 aromatic rings. The molecule has 9 heteroatoms. The summed E-state index contributed by atoms with van der Waals surface area (Å²) in [5, 5.41) is 24.5. The molecule has 2 saturated carbocycles. The summed E-state index contributed by atoms with van der Waals surface area (Å²) in [6, 6.07) is 5.23. The van der Waals surface area contributed by atoms with Crippen molar-refractivity contribution in [1.82, 2.24) is 20.6 Å². The molecule has 212 valence electrons. The second-order valence-electron chi connectivity index (χ2n) is 10.6. The summed E-state index contributed by atoms with van der Waals surface area (Å²) >= 11 is 0. The molecule has 4 N–H and O–H groups in total. The van der Waals surface area contributed by atoms with Gasteiger partial charge in [-0.2, -0.15) is 0 Å². The molecular formula is C29H45ClN4O4. The van der Waals surface area contributed by atoms with Crippen LogP contribution in [-0.4, -0.2) is 71.8 Å². The van der Waals surface area contributed by atoms with E-state index in [1.165, 1.54) is 36.8 Å². The summed E-state index contributed by atoms with van der Waals surface area (Å²) < 4.78 is 11.5. The molecular weight excluding hydrogens is 504 g/mol. The monoisotopic (exact) mass is 548 g/mol. The Bertz CT molecular complexity index is 898. The van der Waals surface area contributed by atoms with Crippen LogP contribution in [0.4, 0.5) is 0 Å². The molecule has 0 aromatic carbocycles. The Morgan fingerprint density at radius 2 is 1.16 bits per heavy atom. The zero-order valence-corrected chi connectivity index (χ0v) is 22.2. The molecule has 2 saturated heterocycles. The van der Waals surface area contributed by atoms with Crippen molar-refractivity contribution in [3.63, 3.8) is 0 Å². The van der Waals surface area contributed by atoms with E-state index in [1.54, 1.807) is 12.4 Å². The van der Waals surface area contributed by atoms with Crippen LogP contribution in [0.1, 0.15) is 68.9 Å². The number of pyridine rings is 2. The first-order chi connectivity index (χ1) is 17.7. The predicted molar refractivity (Wildman–Crippen MR) is 151 cm³/mol. The first-order valence-corrected chi connectivity index (χ1v) is 13.6. The molecule has 2 aliphatic heterocycles. The summed E-state index contributed by atoms with van der Waals surface area (Å²) in [6.45, 7) is 4.26. The standard InChI is InChI=1S/2C14H20N2O2.CH4.ClH/c2*17-4-2-10-6-14(10)11-5-13(8-15-7-11)18-9-12-1-3-16-12;;/h2*5,7-8,10,12,14,16-17H,1-4,6,9H2;1H4;1H/t2*10-,12-,14-;;/m00../s1. The van der Waals surface area contributed by atoms with Gasteiger partial charge in [0.15, 0.2) is 0 Å².